The molecule has 0 saturated carbocycles. The van der Waals surface area contributed by atoms with E-state index in [0.29, 0.717) is 5.02 Å². The molecule has 3 aromatic carbocycles. The fraction of sp³-hybridized carbons (Fsp3) is 0.0476. The molecule has 1 aliphatic rings. The van der Waals surface area contributed by atoms with Crippen LogP contribution in [-0.4, -0.2) is 66.2 Å². The molecular formula is C21H19ClNNa2OPS. The van der Waals surface area contributed by atoms with Gasteiger partial charge in [-0.15, -0.1) is 0 Å². The van der Waals surface area contributed by atoms with Crippen LogP contribution < -0.4 is 10.2 Å². The van der Waals surface area contributed by atoms with Gasteiger partial charge in [-0.3, -0.25) is 0 Å². The zero-order valence-electron chi connectivity index (χ0n) is 14.1. The van der Waals surface area contributed by atoms with Crippen molar-refractivity contribution >= 4 is 112 Å². The van der Waals surface area contributed by atoms with Gasteiger partial charge in [-0.1, -0.05) is 59.8 Å². The van der Waals surface area contributed by atoms with Crippen molar-refractivity contribution in [1.29, 1.82) is 0 Å². The Balaban J connectivity index is 0.00000140. The van der Waals surface area contributed by atoms with Crippen LogP contribution in [0.25, 0.3) is 5.57 Å². The molecule has 4 rings (SSSR count). The van der Waals surface area contributed by atoms with Crippen molar-refractivity contribution in [2.45, 2.75) is 0 Å². The number of para-hydroxylation sites is 2. The number of halogens is 1. The fourth-order valence-electron chi connectivity index (χ4n) is 3.16. The van der Waals surface area contributed by atoms with Crippen molar-refractivity contribution in [3.8, 4) is 0 Å². The van der Waals surface area contributed by atoms with Crippen LogP contribution in [0.3, 0.4) is 0 Å². The van der Waals surface area contributed by atoms with Gasteiger partial charge < -0.3 is 9.42 Å². The summed E-state index contributed by atoms with van der Waals surface area (Å²) in [6, 6.07) is 24.3. The van der Waals surface area contributed by atoms with Crippen LogP contribution in [-0.2, 0) is 16.3 Å². The zero-order valence-corrected chi connectivity index (χ0v) is 16.7. The Bertz CT molecular complexity index is 977. The number of rotatable bonds is 3. The van der Waals surface area contributed by atoms with E-state index in [1.807, 2.05) is 42.7 Å². The fourth-order valence-corrected chi connectivity index (χ4v) is 4.63. The Kier molecular flexibility index (Phi) is 9.35. The van der Waals surface area contributed by atoms with E-state index in [1.54, 1.807) is 0 Å². The normalized spacial score (nSPS) is 12.6. The van der Waals surface area contributed by atoms with Gasteiger partial charge in [-0.25, -0.2) is 0 Å². The SMILES string of the molecule is CN1c2ccccc2C(=CO[PH](=S)c2ccc(Cl)cc2)c2ccccc21.[NaH].[NaH]. The quantitative estimate of drug-likeness (QED) is 0.336. The summed E-state index contributed by atoms with van der Waals surface area (Å²) in [7, 11) is 2.09. The first-order valence-electron chi connectivity index (χ1n) is 8.24. The molecule has 2 nitrogen and oxygen atoms in total. The molecule has 28 heavy (non-hydrogen) atoms. The van der Waals surface area contributed by atoms with Crippen LogP contribution in [0.15, 0.2) is 79.1 Å². The van der Waals surface area contributed by atoms with Gasteiger partial charge in [-0.2, -0.15) is 0 Å². The van der Waals surface area contributed by atoms with Crippen molar-refractivity contribution in [1.82, 2.24) is 0 Å². The second-order valence-electron chi connectivity index (χ2n) is 6.04. The topological polar surface area (TPSA) is 12.5 Å². The van der Waals surface area contributed by atoms with Crippen molar-refractivity contribution in [3.63, 3.8) is 0 Å². The van der Waals surface area contributed by atoms with Crippen LogP contribution in [0, 0.1) is 0 Å². The second-order valence-corrected chi connectivity index (χ2v) is 8.97. The van der Waals surface area contributed by atoms with Gasteiger partial charge in [0.05, 0.1) is 6.26 Å². The first-order valence-corrected chi connectivity index (χ1v) is 11.2. The van der Waals surface area contributed by atoms with E-state index in [1.165, 1.54) is 0 Å². The molecule has 0 radical (unpaired) electrons. The van der Waals surface area contributed by atoms with E-state index in [4.69, 9.17) is 27.9 Å². The minimum absolute atomic E-state index is 0. The molecule has 1 heterocycles. The third-order valence-corrected chi connectivity index (χ3v) is 6.86. The van der Waals surface area contributed by atoms with E-state index in [-0.39, 0.29) is 59.1 Å². The Morgan fingerprint density at radius 3 is 1.89 bits per heavy atom. The van der Waals surface area contributed by atoms with Gasteiger partial charge in [0.25, 0.3) is 0 Å². The van der Waals surface area contributed by atoms with Gasteiger partial charge in [0, 0.05) is 45.4 Å². The molecule has 3 aromatic rings. The van der Waals surface area contributed by atoms with Crippen molar-refractivity contribution in [3.05, 3.63) is 95.2 Å². The Hall–Kier alpha value is -0.0600. The van der Waals surface area contributed by atoms with Gasteiger partial charge in [-0.05, 0) is 36.4 Å². The summed E-state index contributed by atoms with van der Waals surface area (Å²) in [6.07, 6.45) is 1.83. The maximum atomic E-state index is 6.05. The predicted octanol–water partition coefficient (Wildman–Crippen LogP) is 4.45. The average Bonchev–Trinajstić information content (AvgIpc) is 2.68. The minimum atomic E-state index is -1.56. The summed E-state index contributed by atoms with van der Waals surface area (Å²) in [5, 5.41) is 1.72. The summed E-state index contributed by atoms with van der Waals surface area (Å²) in [6.45, 7) is -1.56. The number of benzene rings is 3. The molecule has 1 unspecified atom stereocenters. The predicted molar refractivity (Wildman–Crippen MR) is 130 cm³/mol. The van der Waals surface area contributed by atoms with Gasteiger partial charge in [0.15, 0.2) is 0 Å². The molecule has 0 saturated heterocycles. The summed E-state index contributed by atoms with van der Waals surface area (Å²) >= 11 is 11.6. The summed E-state index contributed by atoms with van der Waals surface area (Å²) in [4.78, 5) is 2.21. The summed E-state index contributed by atoms with van der Waals surface area (Å²) < 4.78 is 6.05. The van der Waals surface area contributed by atoms with Gasteiger partial charge >= 0.3 is 59.1 Å². The molecule has 0 aromatic heterocycles. The molecule has 0 aliphatic carbocycles. The molecule has 0 spiro atoms. The number of hydrogen-bond acceptors (Lipinski definition) is 3. The monoisotopic (exact) mass is 445 g/mol. The molecule has 1 aliphatic heterocycles. The standard InChI is InChI=1S/C21H17ClNOPS.2Na.2H/c1-23-20-8-4-2-6-17(20)19(18-7-3-5-9-21(18)23)14-24-25(26)16-12-10-15(22)11-13-16;;;;/h2-14,25H,1H3;;;;. The number of hydrogen-bond donors (Lipinski definition) is 0. The molecule has 1 atom stereocenters. The second kappa shape index (κ2) is 10.8. The first-order chi connectivity index (χ1) is 12.6. The first kappa shape index (κ1) is 24.2. The average molecular weight is 446 g/mol. The molecule has 7 heteroatoms. The van der Waals surface area contributed by atoms with E-state index < -0.39 is 6.92 Å². The summed E-state index contributed by atoms with van der Waals surface area (Å²) in [5.41, 5.74) is 5.68. The van der Waals surface area contributed by atoms with Crippen molar-refractivity contribution in [2.75, 3.05) is 11.9 Å². The van der Waals surface area contributed by atoms with E-state index in [9.17, 15) is 0 Å². The molecule has 0 amide bonds. The summed E-state index contributed by atoms with van der Waals surface area (Å²) in [5.74, 6) is 0. The van der Waals surface area contributed by atoms with Gasteiger partial charge in [0.2, 0.25) is 0 Å². The van der Waals surface area contributed by atoms with Crippen LogP contribution >= 0.6 is 18.5 Å². The van der Waals surface area contributed by atoms with Crippen LogP contribution in [0.2, 0.25) is 5.02 Å². The zero-order chi connectivity index (χ0) is 18.1. The third kappa shape index (κ3) is 4.98. The Morgan fingerprint density at radius 1 is 0.857 bits per heavy atom. The number of nitrogens with zero attached hydrogens (tertiary/aromatic N) is 1. The van der Waals surface area contributed by atoms with Crippen LogP contribution in [0.4, 0.5) is 11.4 Å². The van der Waals surface area contributed by atoms with E-state index in [0.717, 1.165) is 33.4 Å². The molecule has 0 N–H and O–H groups in total. The Morgan fingerprint density at radius 2 is 1.36 bits per heavy atom. The molecular weight excluding hydrogens is 427 g/mol. The third-order valence-electron chi connectivity index (χ3n) is 4.47. The van der Waals surface area contributed by atoms with Gasteiger partial charge in [0.1, 0.15) is 6.92 Å². The molecule has 0 fully saturated rings. The number of anilines is 2. The molecule has 134 valence electrons. The molecule has 0 bridgehead atoms. The van der Waals surface area contributed by atoms with Crippen LogP contribution in [0.5, 0.6) is 0 Å². The maximum absolute atomic E-state index is 6.05. The van der Waals surface area contributed by atoms with Crippen molar-refractivity contribution in [2.24, 2.45) is 0 Å². The number of fused-ring (bicyclic) bond motifs is 2. The van der Waals surface area contributed by atoms with Crippen LogP contribution in [0.1, 0.15) is 11.1 Å². The van der Waals surface area contributed by atoms with Crippen molar-refractivity contribution < 1.29 is 4.52 Å². The Labute approximate surface area is 221 Å². The van der Waals surface area contributed by atoms with E-state index in [2.05, 4.69) is 48.3 Å². The van der Waals surface area contributed by atoms with E-state index >= 15 is 0 Å².